The number of carbonyl (C=O) groups excluding carboxylic acids is 1. The molecule has 0 unspecified atom stereocenters. The van der Waals surface area contributed by atoms with Gasteiger partial charge in [0.15, 0.2) is 0 Å². The Bertz CT molecular complexity index is 1740. The first kappa shape index (κ1) is 32.2. The Hall–Kier alpha value is -4.18. The van der Waals surface area contributed by atoms with Crippen molar-refractivity contribution in [2.75, 3.05) is 7.11 Å². The number of alkyl halides is 6. The normalized spacial score (nSPS) is 17.0. The molecule has 4 aromatic rings. The zero-order chi connectivity index (χ0) is 32.8. The molecule has 0 bridgehead atoms. The van der Waals surface area contributed by atoms with Crippen molar-refractivity contribution in [1.29, 1.82) is 0 Å². The number of carbonyl (C=O) groups is 1. The largest absolute Gasteiger partial charge is 0.496 e. The van der Waals surface area contributed by atoms with Crippen molar-refractivity contribution in [3.05, 3.63) is 111 Å². The van der Waals surface area contributed by atoms with Crippen LogP contribution in [0.15, 0.2) is 72.8 Å². The molecule has 11 heteroatoms. The monoisotopic (exact) mass is 647 g/mol. The lowest BCUT2D eigenvalue weighted by Crippen LogP contribution is -2.31. The molecule has 5 rings (SSSR count). The molecule has 45 heavy (non-hydrogen) atoms. The minimum atomic E-state index is -5.04. The second-order valence-corrected chi connectivity index (χ2v) is 11.5. The maximum Gasteiger partial charge on any atom is 0.416 e. The van der Waals surface area contributed by atoms with E-state index in [1.807, 2.05) is 44.2 Å². The highest BCUT2D eigenvalue weighted by Gasteiger charge is 2.43. The zero-order valence-corrected chi connectivity index (χ0v) is 25.4. The van der Waals surface area contributed by atoms with Crippen molar-refractivity contribution >= 4 is 17.7 Å². The summed E-state index contributed by atoms with van der Waals surface area (Å²) in [6.45, 7) is 5.44. The van der Waals surface area contributed by atoms with Gasteiger partial charge in [-0.05, 0) is 96.6 Å². The standard InChI is InChI=1S/C34H28ClF6NO3/c1-18-5-8-27(19(2)11-18)21-6-10-30(44-4)29(15-21)28-9-7-26(35)14-23(28)17-42-20(3)31(45-32(42)43)22-12-24(33(36,37)38)16-25(13-22)34(39,40)41/h5-16,20,31H,17H2,1-4H3/t20-,31-/m0/s1. The van der Waals surface area contributed by atoms with E-state index in [0.29, 0.717) is 39.6 Å². The molecule has 0 saturated carbocycles. The number of rotatable bonds is 6. The molecule has 2 atom stereocenters. The van der Waals surface area contributed by atoms with Crippen molar-refractivity contribution in [3.63, 3.8) is 0 Å². The Balaban J connectivity index is 1.53. The Morgan fingerprint density at radius 3 is 2.07 bits per heavy atom. The van der Waals surface area contributed by atoms with E-state index >= 15 is 0 Å². The Morgan fingerprint density at radius 1 is 0.822 bits per heavy atom. The minimum Gasteiger partial charge on any atom is -0.496 e. The van der Waals surface area contributed by atoms with Gasteiger partial charge in [0.25, 0.3) is 0 Å². The summed E-state index contributed by atoms with van der Waals surface area (Å²) >= 11 is 6.36. The molecule has 1 heterocycles. The van der Waals surface area contributed by atoms with E-state index in [1.165, 1.54) is 18.9 Å². The summed E-state index contributed by atoms with van der Waals surface area (Å²) in [7, 11) is 1.53. The van der Waals surface area contributed by atoms with Crippen molar-refractivity contribution in [3.8, 4) is 28.0 Å². The maximum atomic E-state index is 13.5. The average molecular weight is 648 g/mol. The molecule has 1 saturated heterocycles. The second kappa shape index (κ2) is 12.0. The SMILES string of the molecule is COc1ccc(-c2ccc(C)cc2C)cc1-c1ccc(Cl)cc1CN1C(=O)O[C@H](c2cc(C(F)(F)F)cc(C(F)(F)F)c2)[C@@H]1C. The first-order valence-electron chi connectivity index (χ1n) is 13.9. The molecule has 0 aromatic heterocycles. The van der Waals surface area contributed by atoms with E-state index in [9.17, 15) is 31.1 Å². The summed E-state index contributed by atoms with van der Waals surface area (Å²) in [6, 6.07) is 17.2. The first-order chi connectivity index (χ1) is 21.1. The van der Waals surface area contributed by atoms with Crippen LogP contribution in [-0.2, 0) is 23.6 Å². The molecule has 0 aliphatic carbocycles. The van der Waals surface area contributed by atoms with Crippen LogP contribution in [0.2, 0.25) is 5.02 Å². The Morgan fingerprint density at radius 2 is 1.47 bits per heavy atom. The zero-order valence-electron chi connectivity index (χ0n) is 24.6. The number of hydrogen-bond acceptors (Lipinski definition) is 3. The Labute approximate surface area is 261 Å². The van der Waals surface area contributed by atoms with Gasteiger partial charge < -0.3 is 9.47 Å². The molecule has 1 amide bonds. The molecule has 0 spiro atoms. The summed E-state index contributed by atoms with van der Waals surface area (Å²) < 4.78 is 92.3. The summed E-state index contributed by atoms with van der Waals surface area (Å²) in [6.07, 6.45) is -12.4. The van der Waals surface area contributed by atoms with Gasteiger partial charge in [-0.3, -0.25) is 4.90 Å². The molecule has 236 valence electrons. The van der Waals surface area contributed by atoms with Crippen LogP contribution in [-0.4, -0.2) is 24.1 Å². The molecule has 4 aromatic carbocycles. The van der Waals surface area contributed by atoms with Gasteiger partial charge in [-0.2, -0.15) is 26.3 Å². The van der Waals surface area contributed by atoms with Gasteiger partial charge in [-0.1, -0.05) is 47.5 Å². The molecule has 1 fully saturated rings. The number of cyclic esters (lactones) is 1. The van der Waals surface area contributed by atoms with Gasteiger partial charge in [-0.25, -0.2) is 4.79 Å². The van der Waals surface area contributed by atoms with Crippen LogP contribution in [0.5, 0.6) is 5.75 Å². The molecule has 1 aliphatic rings. The van der Waals surface area contributed by atoms with E-state index in [4.69, 9.17) is 21.1 Å². The number of nitrogens with zero attached hydrogens (tertiary/aromatic N) is 1. The van der Waals surface area contributed by atoms with Crippen molar-refractivity contribution < 1.29 is 40.6 Å². The lowest BCUT2D eigenvalue weighted by molar-refractivity contribution is -0.143. The minimum absolute atomic E-state index is 0.0422. The third-order valence-corrected chi connectivity index (χ3v) is 8.16. The van der Waals surface area contributed by atoms with Gasteiger partial charge in [0.05, 0.1) is 30.8 Å². The highest BCUT2D eigenvalue weighted by molar-refractivity contribution is 6.30. The van der Waals surface area contributed by atoms with Crippen LogP contribution >= 0.6 is 11.6 Å². The fourth-order valence-electron chi connectivity index (χ4n) is 5.67. The second-order valence-electron chi connectivity index (χ2n) is 11.0. The fraction of sp³-hybridized carbons (Fsp3) is 0.265. The van der Waals surface area contributed by atoms with E-state index in [-0.39, 0.29) is 12.6 Å². The van der Waals surface area contributed by atoms with Crippen molar-refractivity contribution in [2.24, 2.45) is 0 Å². The third kappa shape index (κ3) is 6.61. The molecule has 4 nitrogen and oxygen atoms in total. The number of hydrogen-bond donors (Lipinski definition) is 0. The van der Waals surface area contributed by atoms with E-state index in [2.05, 4.69) is 6.07 Å². The first-order valence-corrected chi connectivity index (χ1v) is 14.3. The van der Waals surface area contributed by atoms with Gasteiger partial charge in [0.1, 0.15) is 11.9 Å². The highest BCUT2D eigenvalue weighted by Crippen LogP contribution is 2.43. The molecule has 0 radical (unpaired) electrons. The van der Waals surface area contributed by atoms with Gasteiger partial charge in [0.2, 0.25) is 0 Å². The number of benzene rings is 4. The number of amides is 1. The summed E-state index contributed by atoms with van der Waals surface area (Å²) in [5.41, 5.74) is 2.69. The van der Waals surface area contributed by atoms with Crippen LogP contribution in [0, 0.1) is 13.8 Å². The number of halogens is 7. The third-order valence-electron chi connectivity index (χ3n) is 7.92. The maximum absolute atomic E-state index is 13.5. The van der Waals surface area contributed by atoms with Gasteiger partial charge in [0, 0.05) is 10.6 Å². The van der Waals surface area contributed by atoms with E-state index in [1.54, 1.807) is 18.2 Å². The van der Waals surface area contributed by atoms with E-state index in [0.717, 1.165) is 22.3 Å². The summed E-state index contributed by atoms with van der Waals surface area (Å²) in [5.74, 6) is 0.547. The quantitative estimate of drug-likeness (QED) is 0.196. The number of aryl methyl sites for hydroxylation is 2. The lowest BCUT2D eigenvalue weighted by atomic mass is 9.92. The van der Waals surface area contributed by atoms with E-state index < -0.39 is 47.3 Å². The topological polar surface area (TPSA) is 38.8 Å². The van der Waals surface area contributed by atoms with Gasteiger partial charge >= 0.3 is 18.4 Å². The number of methoxy groups -OCH3 is 1. The van der Waals surface area contributed by atoms with Gasteiger partial charge in [-0.15, -0.1) is 0 Å². The lowest BCUT2D eigenvalue weighted by Gasteiger charge is -2.24. The van der Waals surface area contributed by atoms with Crippen LogP contribution in [0.25, 0.3) is 22.3 Å². The van der Waals surface area contributed by atoms with Crippen molar-refractivity contribution in [1.82, 2.24) is 4.90 Å². The average Bonchev–Trinajstić information content (AvgIpc) is 3.24. The Kier molecular flexibility index (Phi) is 8.57. The van der Waals surface area contributed by atoms with Crippen molar-refractivity contribution in [2.45, 2.75) is 51.8 Å². The summed E-state index contributed by atoms with van der Waals surface area (Å²) in [5, 5.41) is 0.364. The fourth-order valence-corrected chi connectivity index (χ4v) is 5.86. The van der Waals surface area contributed by atoms with Crippen LogP contribution in [0.4, 0.5) is 31.1 Å². The predicted octanol–water partition coefficient (Wildman–Crippen LogP) is 10.4. The molecular weight excluding hydrogens is 620 g/mol. The highest BCUT2D eigenvalue weighted by atomic mass is 35.5. The van der Waals surface area contributed by atoms with Crippen LogP contribution < -0.4 is 4.74 Å². The molecule has 1 aliphatic heterocycles. The smallest absolute Gasteiger partial charge is 0.416 e. The van der Waals surface area contributed by atoms with Crippen LogP contribution in [0.1, 0.15) is 46.4 Å². The molecule has 0 N–H and O–H groups in total. The summed E-state index contributed by atoms with van der Waals surface area (Å²) in [4.78, 5) is 14.4. The predicted molar refractivity (Wildman–Crippen MR) is 159 cm³/mol. The molecular formula is C34H28ClF6NO3. The number of ether oxygens (including phenoxy) is 2. The van der Waals surface area contributed by atoms with Crippen LogP contribution in [0.3, 0.4) is 0 Å².